The Hall–Kier alpha value is -0.940. The minimum Gasteiger partial charge on any atom is -0.387 e. The monoisotopic (exact) mass is 224 g/mol. The Morgan fingerprint density at radius 2 is 2.31 bits per heavy atom. The summed E-state index contributed by atoms with van der Waals surface area (Å²) in [6.07, 6.45) is 4.40. The van der Waals surface area contributed by atoms with Crippen LogP contribution in [0.5, 0.6) is 0 Å². The highest BCUT2D eigenvalue weighted by atomic mass is 16.3. The first kappa shape index (κ1) is 11.5. The maximum absolute atomic E-state index is 10.2. The van der Waals surface area contributed by atoms with Gasteiger partial charge >= 0.3 is 0 Å². The molecule has 90 valence electrons. The maximum atomic E-state index is 10.2. The first-order valence-electron chi connectivity index (χ1n) is 6.08. The summed E-state index contributed by atoms with van der Waals surface area (Å²) in [5, 5.41) is 21.3. The van der Waals surface area contributed by atoms with Crippen LogP contribution in [0.1, 0.15) is 38.0 Å². The summed E-state index contributed by atoms with van der Waals surface area (Å²) in [4.78, 5) is 0. The van der Waals surface area contributed by atoms with Gasteiger partial charge in [0.2, 0.25) is 0 Å². The van der Waals surface area contributed by atoms with E-state index in [1.807, 2.05) is 6.92 Å². The summed E-state index contributed by atoms with van der Waals surface area (Å²) in [5.41, 5.74) is 0.848. The molecule has 5 heteroatoms. The molecule has 2 N–H and O–H groups in total. The molecule has 0 amide bonds. The van der Waals surface area contributed by atoms with Gasteiger partial charge in [-0.05, 0) is 45.2 Å². The van der Waals surface area contributed by atoms with Crippen LogP contribution in [0.2, 0.25) is 0 Å². The van der Waals surface area contributed by atoms with E-state index in [2.05, 4.69) is 15.6 Å². The van der Waals surface area contributed by atoms with Crippen LogP contribution in [-0.2, 0) is 6.54 Å². The fraction of sp³-hybridized carbons (Fsp3) is 0.818. The quantitative estimate of drug-likeness (QED) is 0.791. The van der Waals surface area contributed by atoms with Crippen molar-refractivity contribution < 1.29 is 5.11 Å². The molecule has 2 heterocycles. The van der Waals surface area contributed by atoms with E-state index < -0.39 is 6.10 Å². The highest BCUT2D eigenvalue weighted by molar-refractivity contribution is 4.99. The zero-order valence-corrected chi connectivity index (χ0v) is 9.76. The number of hydrogen-bond donors (Lipinski definition) is 2. The number of rotatable bonds is 4. The lowest BCUT2D eigenvalue weighted by Gasteiger charge is -2.24. The highest BCUT2D eigenvalue weighted by Gasteiger charge is 2.20. The maximum Gasteiger partial charge on any atom is 0.0975 e. The third kappa shape index (κ3) is 2.59. The molecule has 1 aromatic heterocycles. The van der Waals surface area contributed by atoms with Crippen LogP contribution < -0.4 is 5.32 Å². The van der Waals surface area contributed by atoms with E-state index in [-0.39, 0.29) is 0 Å². The van der Waals surface area contributed by atoms with E-state index in [4.69, 9.17) is 0 Å². The summed E-state index contributed by atoms with van der Waals surface area (Å²) < 4.78 is 1.77. The van der Waals surface area contributed by atoms with Gasteiger partial charge in [0.1, 0.15) is 0 Å². The first-order chi connectivity index (χ1) is 7.81. The predicted octanol–water partition coefficient (Wildman–Crippen LogP) is 0.721. The Bertz CT molecular complexity index is 320. The van der Waals surface area contributed by atoms with Gasteiger partial charge in [0.15, 0.2) is 0 Å². The van der Waals surface area contributed by atoms with Crippen LogP contribution in [0.15, 0.2) is 6.20 Å². The zero-order chi connectivity index (χ0) is 11.4. The molecule has 1 atom stereocenters. The fourth-order valence-electron chi connectivity index (χ4n) is 2.32. The molecule has 0 aliphatic carbocycles. The molecule has 5 nitrogen and oxygen atoms in total. The average Bonchev–Trinajstić information content (AvgIpc) is 2.78. The second-order valence-electron chi connectivity index (χ2n) is 4.42. The first-order valence-corrected chi connectivity index (χ1v) is 6.08. The highest BCUT2D eigenvalue weighted by Crippen LogP contribution is 2.25. The molecule has 1 unspecified atom stereocenters. The smallest absolute Gasteiger partial charge is 0.0975 e. The van der Waals surface area contributed by atoms with Crippen molar-refractivity contribution in [2.75, 3.05) is 13.1 Å². The van der Waals surface area contributed by atoms with Crippen LogP contribution in [0.3, 0.4) is 0 Å². The van der Waals surface area contributed by atoms with Crippen LogP contribution in [0.25, 0.3) is 0 Å². The standard InChI is InChI=1S/C11H20N4O/c1-2-15-10(8-13-14-15)11(16)7-9-3-5-12-6-4-9/h8-9,11-12,16H,2-7H2,1H3. The van der Waals surface area contributed by atoms with E-state index in [0.29, 0.717) is 5.92 Å². The van der Waals surface area contributed by atoms with Crippen molar-refractivity contribution in [3.63, 3.8) is 0 Å². The Balaban J connectivity index is 1.93. The van der Waals surface area contributed by atoms with Gasteiger partial charge in [-0.3, -0.25) is 0 Å². The van der Waals surface area contributed by atoms with Gasteiger partial charge in [-0.2, -0.15) is 0 Å². The van der Waals surface area contributed by atoms with E-state index in [9.17, 15) is 5.11 Å². The Morgan fingerprint density at radius 3 is 3.00 bits per heavy atom. The lowest BCUT2D eigenvalue weighted by Crippen LogP contribution is -2.28. The number of aromatic nitrogens is 3. The van der Waals surface area contributed by atoms with E-state index >= 15 is 0 Å². The van der Waals surface area contributed by atoms with Crippen molar-refractivity contribution in [1.82, 2.24) is 20.3 Å². The van der Waals surface area contributed by atoms with Crippen molar-refractivity contribution >= 4 is 0 Å². The molecular weight excluding hydrogens is 204 g/mol. The lowest BCUT2D eigenvalue weighted by molar-refractivity contribution is 0.125. The molecule has 0 saturated carbocycles. The van der Waals surface area contributed by atoms with E-state index in [1.54, 1.807) is 10.9 Å². The number of nitrogens with one attached hydrogen (secondary N) is 1. The lowest BCUT2D eigenvalue weighted by atomic mass is 9.91. The Kier molecular flexibility index (Phi) is 3.90. The minimum absolute atomic E-state index is 0.418. The average molecular weight is 224 g/mol. The third-order valence-corrected chi connectivity index (χ3v) is 3.30. The number of piperidine rings is 1. The molecule has 2 rings (SSSR count). The summed E-state index contributed by atoms with van der Waals surface area (Å²) in [7, 11) is 0. The van der Waals surface area contributed by atoms with Crippen LogP contribution in [0.4, 0.5) is 0 Å². The Morgan fingerprint density at radius 1 is 1.56 bits per heavy atom. The van der Waals surface area contributed by atoms with Gasteiger partial charge in [0.25, 0.3) is 0 Å². The van der Waals surface area contributed by atoms with Crippen molar-refractivity contribution in [3.8, 4) is 0 Å². The molecule has 1 aromatic rings. The number of nitrogens with zero attached hydrogens (tertiary/aromatic N) is 3. The molecule has 1 aliphatic heterocycles. The summed E-state index contributed by atoms with van der Waals surface area (Å²) in [5.74, 6) is 0.622. The second-order valence-corrected chi connectivity index (χ2v) is 4.42. The molecule has 0 radical (unpaired) electrons. The third-order valence-electron chi connectivity index (χ3n) is 3.30. The number of hydrogen-bond acceptors (Lipinski definition) is 4. The number of aliphatic hydroxyl groups is 1. The summed E-state index contributed by atoms with van der Waals surface area (Å²) >= 11 is 0. The van der Waals surface area contributed by atoms with Crippen molar-refractivity contribution in [1.29, 1.82) is 0 Å². The molecule has 1 fully saturated rings. The van der Waals surface area contributed by atoms with Crippen LogP contribution in [0, 0.1) is 5.92 Å². The van der Waals surface area contributed by atoms with Crippen molar-refractivity contribution in [2.24, 2.45) is 5.92 Å². The normalized spacial score (nSPS) is 19.9. The van der Waals surface area contributed by atoms with Gasteiger partial charge in [-0.25, -0.2) is 4.68 Å². The van der Waals surface area contributed by atoms with Gasteiger partial charge in [0, 0.05) is 6.54 Å². The fourth-order valence-corrected chi connectivity index (χ4v) is 2.32. The van der Waals surface area contributed by atoms with Gasteiger partial charge in [-0.15, -0.1) is 5.10 Å². The van der Waals surface area contributed by atoms with Gasteiger partial charge < -0.3 is 10.4 Å². The van der Waals surface area contributed by atoms with E-state index in [1.165, 1.54) is 0 Å². The molecule has 1 aliphatic rings. The van der Waals surface area contributed by atoms with E-state index in [0.717, 1.165) is 44.6 Å². The summed E-state index contributed by atoms with van der Waals surface area (Å²) in [6, 6.07) is 0. The molecule has 0 bridgehead atoms. The molecule has 0 aromatic carbocycles. The summed E-state index contributed by atoms with van der Waals surface area (Å²) in [6.45, 7) is 4.92. The van der Waals surface area contributed by atoms with Gasteiger partial charge in [0.05, 0.1) is 18.0 Å². The predicted molar refractivity (Wildman–Crippen MR) is 60.9 cm³/mol. The second kappa shape index (κ2) is 5.41. The SMILES string of the molecule is CCn1nncc1C(O)CC1CCNCC1. The van der Waals surface area contributed by atoms with Gasteiger partial charge in [-0.1, -0.05) is 5.21 Å². The number of aryl methyl sites for hydroxylation is 1. The molecule has 16 heavy (non-hydrogen) atoms. The van der Waals surface area contributed by atoms with Crippen LogP contribution >= 0.6 is 0 Å². The topological polar surface area (TPSA) is 63.0 Å². The largest absolute Gasteiger partial charge is 0.387 e. The molecular formula is C11H20N4O. The molecule has 0 spiro atoms. The minimum atomic E-state index is -0.418. The Labute approximate surface area is 95.8 Å². The number of aliphatic hydroxyl groups excluding tert-OH is 1. The molecule has 1 saturated heterocycles. The van der Waals surface area contributed by atoms with Crippen molar-refractivity contribution in [2.45, 2.75) is 38.8 Å². The van der Waals surface area contributed by atoms with Crippen LogP contribution in [-0.4, -0.2) is 33.2 Å². The zero-order valence-electron chi connectivity index (χ0n) is 9.76. The van der Waals surface area contributed by atoms with Crippen molar-refractivity contribution in [3.05, 3.63) is 11.9 Å².